The quantitative estimate of drug-likeness (QED) is 0.746. The van der Waals surface area contributed by atoms with Gasteiger partial charge in [-0.3, -0.25) is 4.79 Å². The highest BCUT2D eigenvalue weighted by Crippen LogP contribution is 2.25. The van der Waals surface area contributed by atoms with Crippen molar-refractivity contribution in [2.45, 2.75) is 46.1 Å². The van der Waals surface area contributed by atoms with Crippen LogP contribution < -0.4 is 5.32 Å². The molecule has 0 spiro atoms. The largest absolute Gasteiger partial charge is 0.352 e. The molecule has 0 rings (SSSR count). The van der Waals surface area contributed by atoms with E-state index in [-0.39, 0.29) is 11.9 Å². The number of carbonyl (C=O) groups is 1. The van der Waals surface area contributed by atoms with Crippen molar-refractivity contribution in [3.8, 4) is 6.07 Å². The summed E-state index contributed by atoms with van der Waals surface area (Å²) in [6.45, 7) is 5.76. The van der Waals surface area contributed by atoms with Gasteiger partial charge >= 0.3 is 0 Å². The number of nitrogens with one attached hydrogen (secondary N) is 1. The Kier molecular flexibility index (Phi) is 7.24. The minimum atomic E-state index is -0.840. The molecule has 0 heterocycles. The van der Waals surface area contributed by atoms with Crippen LogP contribution in [0.3, 0.4) is 0 Å². The van der Waals surface area contributed by atoms with E-state index in [0.717, 1.165) is 12.2 Å². The third-order valence-corrected chi connectivity index (χ3v) is 3.63. The van der Waals surface area contributed by atoms with E-state index in [2.05, 4.69) is 11.4 Å². The van der Waals surface area contributed by atoms with E-state index >= 15 is 0 Å². The molecular formula is C12H22N2OS. The van der Waals surface area contributed by atoms with Gasteiger partial charge in [0.15, 0.2) is 0 Å². The van der Waals surface area contributed by atoms with Crippen molar-refractivity contribution in [1.29, 1.82) is 5.26 Å². The van der Waals surface area contributed by atoms with E-state index in [4.69, 9.17) is 5.26 Å². The lowest BCUT2D eigenvalue weighted by molar-refractivity contribution is -0.129. The summed E-state index contributed by atoms with van der Waals surface area (Å²) in [6, 6.07) is 2.30. The highest BCUT2D eigenvalue weighted by atomic mass is 32.2. The molecule has 1 N–H and O–H groups in total. The topological polar surface area (TPSA) is 52.9 Å². The summed E-state index contributed by atoms with van der Waals surface area (Å²) in [7, 11) is 0. The molecule has 0 saturated heterocycles. The summed E-state index contributed by atoms with van der Waals surface area (Å²) in [4.78, 5) is 12.0. The first kappa shape index (κ1) is 15.3. The van der Waals surface area contributed by atoms with Crippen LogP contribution in [0, 0.1) is 16.7 Å². The number of nitrogens with zero attached hydrogens (tertiary/aromatic N) is 1. The average Bonchev–Trinajstić information content (AvgIpc) is 2.29. The van der Waals surface area contributed by atoms with E-state index in [1.807, 2.05) is 27.0 Å². The Morgan fingerprint density at radius 3 is 2.44 bits per heavy atom. The number of hydrogen-bond donors (Lipinski definition) is 1. The van der Waals surface area contributed by atoms with Gasteiger partial charge in [-0.25, -0.2) is 0 Å². The maximum Gasteiger partial charge on any atom is 0.240 e. The highest BCUT2D eigenvalue weighted by Gasteiger charge is 2.35. The monoisotopic (exact) mass is 242 g/mol. The Hall–Kier alpha value is -0.690. The number of thioether (sulfide) groups is 1. The second-order valence-corrected chi connectivity index (χ2v) is 5.04. The summed E-state index contributed by atoms with van der Waals surface area (Å²) in [5.41, 5.74) is -0.840. The Bertz CT molecular complexity index is 256. The van der Waals surface area contributed by atoms with Gasteiger partial charge in [0.25, 0.3) is 0 Å². The Labute approximate surface area is 103 Å². The first-order chi connectivity index (χ1) is 7.56. The second kappa shape index (κ2) is 7.56. The predicted octanol–water partition coefficient (Wildman–Crippen LogP) is 2.57. The number of hydrogen-bond acceptors (Lipinski definition) is 3. The second-order valence-electron chi connectivity index (χ2n) is 4.06. The fraction of sp³-hybridized carbons (Fsp3) is 0.833. The van der Waals surface area contributed by atoms with Gasteiger partial charge in [-0.05, 0) is 38.2 Å². The molecule has 0 radical (unpaired) electrons. The first-order valence-corrected chi connectivity index (χ1v) is 7.16. The Balaban J connectivity index is 4.38. The first-order valence-electron chi connectivity index (χ1n) is 5.77. The summed E-state index contributed by atoms with van der Waals surface area (Å²) in [5, 5.41) is 12.1. The van der Waals surface area contributed by atoms with Crippen LogP contribution in [0.2, 0.25) is 0 Å². The fourth-order valence-corrected chi connectivity index (χ4v) is 2.10. The summed E-state index contributed by atoms with van der Waals surface area (Å²) < 4.78 is 0. The summed E-state index contributed by atoms with van der Waals surface area (Å²) in [5.74, 6) is 0.910. The molecule has 0 aromatic rings. The van der Waals surface area contributed by atoms with Crippen LogP contribution in [0.5, 0.6) is 0 Å². The molecule has 92 valence electrons. The van der Waals surface area contributed by atoms with Gasteiger partial charge in [0, 0.05) is 6.04 Å². The van der Waals surface area contributed by atoms with Crippen LogP contribution in [-0.4, -0.2) is 24.0 Å². The summed E-state index contributed by atoms with van der Waals surface area (Å²) >= 11 is 1.77. The molecule has 0 aliphatic heterocycles. The van der Waals surface area contributed by atoms with Crippen LogP contribution >= 0.6 is 11.8 Å². The lowest BCUT2D eigenvalue weighted by Gasteiger charge is -2.24. The maximum absolute atomic E-state index is 12.0. The van der Waals surface area contributed by atoms with E-state index < -0.39 is 5.41 Å². The fourth-order valence-electron chi connectivity index (χ4n) is 1.51. The van der Waals surface area contributed by atoms with Gasteiger partial charge < -0.3 is 5.32 Å². The third kappa shape index (κ3) is 4.05. The van der Waals surface area contributed by atoms with Crippen molar-refractivity contribution in [1.82, 2.24) is 5.32 Å². The normalized spacial score (nSPS) is 12.9. The molecule has 0 aliphatic rings. The van der Waals surface area contributed by atoms with E-state index in [0.29, 0.717) is 12.8 Å². The molecule has 0 bridgehead atoms. The molecule has 1 unspecified atom stereocenters. The molecule has 4 heteroatoms. The maximum atomic E-state index is 12.0. The average molecular weight is 242 g/mol. The zero-order chi connectivity index (χ0) is 12.6. The number of carbonyl (C=O) groups excluding carboxylic acids is 1. The highest BCUT2D eigenvalue weighted by molar-refractivity contribution is 7.98. The van der Waals surface area contributed by atoms with Crippen LogP contribution in [0.1, 0.15) is 40.0 Å². The minimum absolute atomic E-state index is 0.117. The molecule has 0 aromatic carbocycles. The SMILES string of the molecule is CCC(C#N)(CC)C(=O)NC(C)CCSC. The number of amides is 1. The van der Waals surface area contributed by atoms with E-state index in [1.54, 1.807) is 11.8 Å². The third-order valence-electron chi connectivity index (χ3n) is 2.99. The van der Waals surface area contributed by atoms with Gasteiger partial charge in [-0.1, -0.05) is 13.8 Å². The lowest BCUT2D eigenvalue weighted by atomic mass is 9.83. The van der Waals surface area contributed by atoms with E-state index in [9.17, 15) is 4.79 Å². The minimum Gasteiger partial charge on any atom is -0.352 e. The van der Waals surface area contributed by atoms with Crippen LogP contribution in [-0.2, 0) is 4.79 Å². The number of rotatable bonds is 7. The van der Waals surface area contributed by atoms with Crippen LogP contribution in [0.25, 0.3) is 0 Å². The van der Waals surface area contributed by atoms with Crippen LogP contribution in [0.15, 0.2) is 0 Å². The molecule has 0 fully saturated rings. The summed E-state index contributed by atoms with van der Waals surface area (Å²) in [6.07, 6.45) is 4.14. The molecule has 0 aliphatic carbocycles. The molecule has 16 heavy (non-hydrogen) atoms. The Morgan fingerprint density at radius 1 is 1.50 bits per heavy atom. The predicted molar refractivity (Wildman–Crippen MR) is 69.2 cm³/mol. The van der Waals surface area contributed by atoms with Gasteiger partial charge in [0.05, 0.1) is 6.07 Å². The molecular weight excluding hydrogens is 220 g/mol. The standard InChI is InChI=1S/C12H22N2OS/c1-5-12(6-2,9-13)11(15)14-10(3)7-8-16-4/h10H,5-8H2,1-4H3,(H,14,15). The van der Waals surface area contributed by atoms with Crippen molar-refractivity contribution < 1.29 is 4.79 Å². The van der Waals surface area contributed by atoms with Gasteiger partial charge in [0.2, 0.25) is 5.91 Å². The van der Waals surface area contributed by atoms with E-state index in [1.165, 1.54) is 0 Å². The zero-order valence-electron chi connectivity index (χ0n) is 10.7. The van der Waals surface area contributed by atoms with Crippen molar-refractivity contribution in [3.63, 3.8) is 0 Å². The molecule has 1 amide bonds. The van der Waals surface area contributed by atoms with Crippen molar-refractivity contribution in [2.75, 3.05) is 12.0 Å². The van der Waals surface area contributed by atoms with Crippen molar-refractivity contribution in [3.05, 3.63) is 0 Å². The zero-order valence-corrected chi connectivity index (χ0v) is 11.5. The Morgan fingerprint density at radius 2 is 2.06 bits per heavy atom. The van der Waals surface area contributed by atoms with Gasteiger partial charge in [-0.2, -0.15) is 17.0 Å². The van der Waals surface area contributed by atoms with Gasteiger partial charge in [0.1, 0.15) is 5.41 Å². The lowest BCUT2D eigenvalue weighted by Crippen LogP contribution is -2.43. The number of nitriles is 1. The molecule has 0 aromatic heterocycles. The van der Waals surface area contributed by atoms with Crippen molar-refractivity contribution in [2.24, 2.45) is 5.41 Å². The molecule has 0 saturated carbocycles. The van der Waals surface area contributed by atoms with Crippen molar-refractivity contribution >= 4 is 17.7 Å². The molecule has 3 nitrogen and oxygen atoms in total. The van der Waals surface area contributed by atoms with Crippen LogP contribution in [0.4, 0.5) is 0 Å². The van der Waals surface area contributed by atoms with Gasteiger partial charge in [-0.15, -0.1) is 0 Å². The molecule has 1 atom stereocenters. The smallest absolute Gasteiger partial charge is 0.240 e.